The summed E-state index contributed by atoms with van der Waals surface area (Å²) in [7, 11) is 0. The molecule has 0 fully saturated rings. The zero-order valence-corrected chi connectivity index (χ0v) is 7.06. The van der Waals surface area contributed by atoms with Crippen molar-refractivity contribution in [2.45, 2.75) is 0 Å². The molecule has 0 N–H and O–H groups in total. The maximum atomic E-state index is 9.90. The van der Waals surface area contributed by atoms with Crippen molar-refractivity contribution in [3.63, 3.8) is 0 Å². The first-order chi connectivity index (χ1) is 6.36. The molecule has 0 unspecified atom stereocenters. The Morgan fingerprint density at radius 2 is 2.15 bits per heavy atom. The van der Waals surface area contributed by atoms with E-state index < -0.39 is 0 Å². The van der Waals surface area contributed by atoms with Crippen molar-refractivity contribution in [1.82, 2.24) is 0 Å². The first-order valence-electron chi connectivity index (χ1n) is 3.78. The van der Waals surface area contributed by atoms with Crippen LogP contribution in [0.5, 0.6) is 5.75 Å². The number of rotatable bonds is 4. The Labute approximate surface area is 76.4 Å². The van der Waals surface area contributed by atoms with Crippen LogP contribution in [0.3, 0.4) is 0 Å². The van der Waals surface area contributed by atoms with Crippen molar-refractivity contribution in [1.29, 1.82) is 0 Å². The number of hydrogen-bond acceptors (Lipinski definition) is 3. The third-order valence-electron chi connectivity index (χ3n) is 1.38. The lowest BCUT2D eigenvalue weighted by atomic mass is 10.3. The van der Waals surface area contributed by atoms with Crippen molar-refractivity contribution >= 4 is 11.8 Å². The van der Waals surface area contributed by atoms with E-state index >= 15 is 0 Å². The van der Waals surface area contributed by atoms with Gasteiger partial charge in [0.15, 0.2) is 0 Å². The fourth-order valence-corrected chi connectivity index (χ4v) is 0.825. The summed E-state index contributed by atoms with van der Waals surface area (Å²) in [6, 6.07) is 6.84. The molecule has 3 nitrogen and oxygen atoms in total. The first kappa shape index (κ1) is 9.23. The van der Waals surface area contributed by atoms with Gasteiger partial charge in [-0.2, -0.15) is 4.99 Å². The third kappa shape index (κ3) is 2.93. The number of carbonyl (C=O) groups excluding carboxylic acids is 1. The Kier molecular flexibility index (Phi) is 3.48. The first-order valence-corrected chi connectivity index (χ1v) is 3.78. The van der Waals surface area contributed by atoms with Crippen LogP contribution in [0, 0.1) is 0 Å². The van der Waals surface area contributed by atoms with Gasteiger partial charge in [0.1, 0.15) is 12.4 Å². The van der Waals surface area contributed by atoms with Gasteiger partial charge in [0, 0.05) is 0 Å². The minimum absolute atomic E-state index is 0.469. The number of aliphatic imine (C=N–C) groups is 1. The van der Waals surface area contributed by atoms with E-state index in [4.69, 9.17) is 4.74 Å². The highest BCUT2D eigenvalue weighted by Crippen LogP contribution is 2.17. The minimum Gasteiger partial charge on any atom is -0.490 e. The normalized spacial score (nSPS) is 8.62. The topological polar surface area (TPSA) is 38.7 Å². The molecule has 0 bridgehead atoms. The Morgan fingerprint density at radius 1 is 1.46 bits per heavy atom. The number of ether oxygens (including phenoxy) is 1. The summed E-state index contributed by atoms with van der Waals surface area (Å²) in [5.41, 5.74) is 0.570. The summed E-state index contributed by atoms with van der Waals surface area (Å²) in [6.45, 7) is 4.00. The fraction of sp³-hybridized carbons (Fsp3) is 0.100. The molecule has 0 spiro atoms. The van der Waals surface area contributed by atoms with Gasteiger partial charge < -0.3 is 4.74 Å². The van der Waals surface area contributed by atoms with Gasteiger partial charge in [-0.15, -0.1) is 0 Å². The van der Waals surface area contributed by atoms with Crippen LogP contribution in [0.2, 0.25) is 0 Å². The fourth-order valence-electron chi connectivity index (χ4n) is 0.825. The highest BCUT2D eigenvalue weighted by molar-refractivity contribution is 5.49. The van der Waals surface area contributed by atoms with E-state index in [0.29, 0.717) is 12.3 Å². The van der Waals surface area contributed by atoms with Crippen LogP contribution in [0.15, 0.2) is 41.9 Å². The molecule has 0 aliphatic rings. The van der Waals surface area contributed by atoms with Crippen molar-refractivity contribution in [3.8, 4) is 5.75 Å². The van der Waals surface area contributed by atoms with Crippen molar-refractivity contribution in [2.24, 2.45) is 4.99 Å². The number of benzene rings is 1. The van der Waals surface area contributed by atoms with Crippen LogP contribution in [0.1, 0.15) is 0 Å². The molecule has 3 heteroatoms. The Bertz CT molecular complexity index is 323. The summed E-state index contributed by atoms with van der Waals surface area (Å²) in [5, 5.41) is 0. The quantitative estimate of drug-likeness (QED) is 0.400. The third-order valence-corrected chi connectivity index (χ3v) is 1.38. The minimum atomic E-state index is 0.469. The van der Waals surface area contributed by atoms with E-state index in [0.717, 1.165) is 5.75 Å². The average Bonchev–Trinajstić information content (AvgIpc) is 2.17. The number of nitrogens with zero attached hydrogens (tertiary/aromatic N) is 1. The van der Waals surface area contributed by atoms with Crippen LogP contribution in [0.25, 0.3) is 0 Å². The van der Waals surface area contributed by atoms with Crippen LogP contribution < -0.4 is 4.74 Å². The van der Waals surface area contributed by atoms with Gasteiger partial charge in [0.25, 0.3) is 0 Å². The van der Waals surface area contributed by atoms with Gasteiger partial charge in [-0.25, -0.2) is 4.79 Å². The summed E-state index contributed by atoms with van der Waals surface area (Å²) >= 11 is 0. The molecular weight excluding hydrogens is 166 g/mol. The molecule has 0 saturated carbocycles. The van der Waals surface area contributed by atoms with Crippen LogP contribution in [0.4, 0.5) is 5.69 Å². The van der Waals surface area contributed by atoms with Crippen molar-refractivity contribution in [2.75, 3.05) is 6.61 Å². The highest BCUT2D eigenvalue weighted by atomic mass is 16.5. The van der Waals surface area contributed by atoms with Gasteiger partial charge in [-0.3, -0.25) is 0 Å². The molecule has 0 atom stereocenters. The lowest BCUT2D eigenvalue weighted by Crippen LogP contribution is -1.91. The molecular formula is C10H9NO2. The molecule has 0 amide bonds. The van der Waals surface area contributed by atoms with Crippen LogP contribution in [-0.2, 0) is 4.79 Å². The highest BCUT2D eigenvalue weighted by Gasteiger charge is 1.91. The number of isocyanates is 1. The maximum absolute atomic E-state index is 9.90. The zero-order chi connectivity index (χ0) is 9.52. The molecule has 0 saturated heterocycles. The van der Waals surface area contributed by atoms with E-state index in [1.165, 1.54) is 6.08 Å². The molecule has 0 aliphatic heterocycles. The molecule has 1 aromatic carbocycles. The van der Waals surface area contributed by atoms with Gasteiger partial charge >= 0.3 is 0 Å². The summed E-state index contributed by atoms with van der Waals surface area (Å²) < 4.78 is 5.23. The maximum Gasteiger partial charge on any atom is 0.240 e. The van der Waals surface area contributed by atoms with E-state index in [1.807, 2.05) is 0 Å². The smallest absolute Gasteiger partial charge is 0.240 e. The predicted octanol–water partition coefficient (Wildman–Crippen LogP) is 2.22. The van der Waals surface area contributed by atoms with E-state index in [2.05, 4.69) is 11.6 Å². The van der Waals surface area contributed by atoms with Gasteiger partial charge in [-0.1, -0.05) is 12.7 Å². The van der Waals surface area contributed by atoms with E-state index in [9.17, 15) is 4.79 Å². The second-order valence-corrected chi connectivity index (χ2v) is 2.30. The molecule has 66 valence electrons. The monoisotopic (exact) mass is 175 g/mol. The zero-order valence-electron chi connectivity index (χ0n) is 7.06. The van der Waals surface area contributed by atoms with Crippen LogP contribution in [-0.4, -0.2) is 12.7 Å². The molecule has 0 radical (unpaired) electrons. The van der Waals surface area contributed by atoms with Gasteiger partial charge in [0.05, 0.1) is 5.69 Å². The summed E-state index contributed by atoms with van der Waals surface area (Å²) in [6.07, 6.45) is 3.13. The molecule has 13 heavy (non-hydrogen) atoms. The average molecular weight is 175 g/mol. The van der Waals surface area contributed by atoms with Crippen molar-refractivity contribution in [3.05, 3.63) is 36.9 Å². The molecule has 1 aromatic rings. The SMILES string of the molecule is C=CCOc1ccc(N=C=O)cc1. The van der Waals surface area contributed by atoms with Gasteiger partial charge in [-0.05, 0) is 24.3 Å². The van der Waals surface area contributed by atoms with Gasteiger partial charge in [0.2, 0.25) is 6.08 Å². The summed E-state index contributed by atoms with van der Waals surface area (Å²) in [5.74, 6) is 0.727. The second kappa shape index (κ2) is 4.91. The van der Waals surface area contributed by atoms with E-state index in [-0.39, 0.29) is 0 Å². The predicted molar refractivity (Wildman–Crippen MR) is 49.9 cm³/mol. The van der Waals surface area contributed by atoms with Crippen LogP contribution >= 0.6 is 0 Å². The lowest BCUT2D eigenvalue weighted by Gasteiger charge is -2.01. The second-order valence-electron chi connectivity index (χ2n) is 2.30. The van der Waals surface area contributed by atoms with Crippen molar-refractivity contribution < 1.29 is 9.53 Å². The largest absolute Gasteiger partial charge is 0.490 e. The number of hydrogen-bond donors (Lipinski definition) is 0. The molecule has 0 aromatic heterocycles. The molecule has 1 rings (SSSR count). The lowest BCUT2D eigenvalue weighted by molar-refractivity contribution is 0.363. The Morgan fingerprint density at radius 3 is 2.69 bits per heavy atom. The Balaban J connectivity index is 2.68. The van der Waals surface area contributed by atoms with E-state index in [1.54, 1.807) is 30.3 Å². The molecule has 0 heterocycles. The Hall–Kier alpha value is -1.86. The standard InChI is InChI=1S/C10H9NO2/c1-2-7-13-10-5-3-9(4-6-10)11-8-12/h2-6H,1,7H2. The molecule has 0 aliphatic carbocycles. The summed E-state index contributed by atoms with van der Waals surface area (Å²) in [4.78, 5) is 13.3.